The summed E-state index contributed by atoms with van der Waals surface area (Å²) in [7, 11) is 0. The molecule has 3 nitrogen and oxygen atoms in total. The Labute approximate surface area is 345 Å². The predicted molar refractivity (Wildman–Crippen MR) is 229 cm³/mol. The second kappa shape index (κ2) is 20.4. The van der Waals surface area contributed by atoms with E-state index in [0.717, 1.165) is 38.5 Å². The van der Waals surface area contributed by atoms with Crippen molar-refractivity contribution in [1.82, 2.24) is 0 Å². The van der Waals surface area contributed by atoms with Crippen LogP contribution in [0.3, 0.4) is 0 Å². The average Bonchev–Trinajstić information content (AvgIpc) is 3.24. The number of nitriles is 2. The van der Waals surface area contributed by atoms with Crippen molar-refractivity contribution in [2.45, 2.75) is 219 Å². The molecule has 6 saturated carbocycles. The van der Waals surface area contributed by atoms with E-state index in [0.29, 0.717) is 46.3 Å². The minimum Gasteiger partial charge on any atom is -0.457 e. The van der Waals surface area contributed by atoms with Crippen LogP contribution in [0.4, 0.5) is 8.78 Å². The molecule has 2 aromatic carbocycles. The maximum absolute atomic E-state index is 16.3. The summed E-state index contributed by atoms with van der Waals surface area (Å²) in [4.78, 5) is 0. The summed E-state index contributed by atoms with van der Waals surface area (Å²) in [5.74, 6) is -0.205. The first-order chi connectivity index (χ1) is 27.7. The molecular formula is C52H74F2N2O. The van der Waals surface area contributed by atoms with Crippen LogP contribution in [0.1, 0.15) is 229 Å². The molecule has 0 heterocycles. The second-order valence-electron chi connectivity index (χ2n) is 19.9. The van der Waals surface area contributed by atoms with Crippen LogP contribution < -0.4 is 4.74 Å². The zero-order valence-corrected chi connectivity index (χ0v) is 36.0. The van der Waals surface area contributed by atoms with Gasteiger partial charge in [-0.15, -0.1) is 0 Å². The highest BCUT2D eigenvalue weighted by atomic mass is 19.1. The molecule has 0 unspecified atom stereocenters. The van der Waals surface area contributed by atoms with Gasteiger partial charge in [-0.25, -0.2) is 8.78 Å². The van der Waals surface area contributed by atoms with E-state index in [1.54, 1.807) is 12.1 Å². The average molecular weight is 781 g/mol. The molecule has 0 saturated heterocycles. The van der Waals surface area contributed by atoms with Gasteiger partial charge in [-0.1, -0.05) is 117 Å². The van der Waals surface area contributed by atoms with Gasteiger partial charge in [0.05, 0.1) is 11.1 Å². The Bertz CT molecular complexity index is 1530. The number of fused-ring (bicyclic) bond motifs is 6. The Kier molecular flexibility index (Phi) is 15.6. The van der Waals surface area contributed by atoms with Gasteiger partial charge in [0.1, 0.15) is 35.3 Å². The van der Waals surface area contributed by atoms with Gasteiger partial charge in [0.25, 0.3) is 0 Å². The summed E-state index contributed by atoms with van der Waals surface area (Å²) in [5, 5.41) is 19.7. The predicted octanol–water partition coefficient (Wildman–Crippen LogP) is 16.3. The molecule has 2 aromatic rings. The smallest absolute Gasteiger partial charge is 0.147 e. The van der Waals surface area contributed by atoms with Crippen LogP contribution in [0.25, 0.3) is 0 Å². The molecule has 0 aromatic heterocycles. The van der Waals surface area contributed by atoms with E-state index in [-0.39, 0.29) is 22.0 Å². The molecule has 0 amide bonds. The first-order valence-electron chi connectivity index (χ1n) is 23.8. The molecule has 0 aliphatic heterocycles. The topological polar surface area (TPSA) is 56.8 Å². The number of halogens is 2. The lowest BCUT2D eigenvalue weighted by Gasteiger charge is -2.54. The summed E-state index contributed by atoms with van der Waals surface area (Å²) in [6, 6.07) is 10.6. The minimum absolute atomic E-state index is 0.00289. The van der Waals surface area contributed by atoms with Crippen LogP contribution >= 0.6 is 0 Å². The Balaban J connectivity index is 1.10. The lowest BCUT2D eigenvalue weighted by Crippen LogP contribution is -2.43. The molecule has 8 rings (SSSR count). The lowest BCUT2D eigenvalue weighted by atomic mass is 9.51. The third-order valence-corrected chi connectivity index (χ3v) is 16.2. The normalized spacial score (nSPS) is 26.4. The molecule has 6 aliphatic carbocycles. The van der Waals surface area contributed by atoms with Gasteiger partial charge in [-0.05, 0) is 149 Å². The highest BCUT2D eigenvalue weighted by molar-refractivity contribution is 5.50. The first-order valence-corrected chi connectivity index (χ1v) is 23.8. The Morgan fingerprint density at radius 2 is 0.754 bits per heavy atom. The van der Waals surface area contributed by atoms with Crippen LogP contribution in [0.15, 0.2) is 24.3 Å². The fraction of sp³-hybridized carbons (Fsp3) is 0.731. The van der Waals surface area contributed by atoms with Gasteiger partial charge in [-0.3, -0.25) is 0 Å². The number of nitrogens with zero attached hydrogens (tertiary/aromatic N) is 2. The van der Waals surface area contributed by atoms with Crippen LogP contribution in [0, 0.1) is 56.0 Å². The van der Waals surface area contributed by atoms with Crippen molar-refractivity contribution < 1.29 is 13.5 Å². The molecular weight excluding hydrogens is 707 g/mol. The van der Waals surface area contributed by atoms with Crippen molar-refractivity contribution in [1.29, 1.82) is 10.5 Å². The number of rotatable bonds is 24. The first kappa shape index (κ1) is 43.7. The Morgan fingerprint density at radius 3 is 1.07 bits per heavy atom. The molecule has 5 heteroatoms. The third kappa shape index (κ3) is 10.8. The molecule has 4 bridgehead atoms. The maximum atomic E-state index is 16.3. The minimum atomic E-state index is -0.493. The highest BCUT2D eigenvalue weighted by Crippen LogP contribution is 2.62. The number of ether oxygens (including phenoxy) is 1. The molecule has 0 atom stereocenters. The van der Waals surface area contributed by atoms with E-state index in [1.807, 2.05) is 0 Å². The standard InChI is InChI=1S/C52H74F2N2O/c1-3-5-7-9-11-13-15-17-23-49-25-31-51(32-26-49,33-27-49)37-43-45(21-19-41(39-55)47(43)53)57-46-22-20-42(40-56)48(54)44(46)38-52-34-28-50(29-35-52,30-36-52)24-18-16-14-12-10-8-6-4-2/h19-22H,3-18,23-38H2,1-2H3. The van der Waals surface area contributed by atoms with Gasteiger partial charge in [-0.2, -0.15) is 10.5 Å². The van der Waals surface area contributed by atoms with E-state index in [4.69, 9.17) is 4.74 Å². The molecule has 6 fully saturated rings. The number of benzene rings is 2. The summed E-state index contributed by atoms with van der Waals surface area (Å²) in [5.41, 5.74) is 1.87. The summed E-state index contributed by atoms with van der Waals surface area (Å²) in [6.45, 7) is 4.55. The van der Waals surface area contributed by atoms with Crippen LogP contribution in [-0.2, 0) is 12.8 Å². The fourth-order valence-corrected chi connectivity index (χ4v) is 12.0. The summed E-state index contributed by atoms with van der Waals surface area (Å²) >= 11 is 0. The lowest BCUT2D eigenvalue weighted by molar-refractivity contribution is -0.0164. The van der Waals surface area contributed by atoms with Crippen LogP contribution in [0.2, 0.25) is 0 Å². The Hall–Kier alpha value is -2.92. The fourth-order valence-electron chi connectivity index (χ4n) is 12.0. The molecule has 0 N–H and O–H groups in total. The molecule has 6 aliphatic rings. The van der Waals surface area contributed by atoms with Crippen molar-refractivity contribution in [3.05, 3.63) is 58.2 Å². The molecule has 312 valence electrons. The van der Waals surface area contributed by atoms with Crippen LogP contribution in [-0.4, -0.2) is 0 Å². The van der Waals surface area contributed by atoms with Gasteiger partial charge in [0.2, 0.25) is 0 Å². The van der Waals surface area contributed by atoms with Gasteiger partial charge >= 0.3 is 0 Å². The maximum Gasteiger partial charge on any atom is 0.147 e. The SMILES string of the molecule is CCCCCCCCCCC12CCC(Cc3c(Oc4ccc(C#N)c(F)c4CC45CCC(CCCCCCCCCC)(CC4)CC5)ccc(C#N)c3F)(CC1)CC2. The van der Waals surface area contributed by atoms with Gasteiger partial charge in [0.15, 0.2) is 0 Å². The summed E-state index contributed by atoms with van der Waals surface area (Å²) < 4.78 is 39.3. The third-order valence-electron chi connectivity index (χ3n) is 16.2. The van der Waals surface area contributed by atoms with Crippen molar-refractivity contribution in [2.24, 2.45) is 21.7 Å². The Morgan fingerprint density at radius 1 is 0.456 bits per heavy atom. The van der Waals surface area contributed by atoms with E-state index in [1.165, 1.54) is 166 Å². The largest absolute Gasteiger partial charge is 0.457 e. The number of unbranched alkanes of at least 4 members (excludes halogenated alkanes) is 14. The number of hydrogen-bond donors (Lipinski definition) is 0. The van der Waals surface area contributed by atoms with Gasteiger partial charge in [0, 0.05) is 11.1 Å². The van der Waals surface area contributed by atoms with E-state index >= 15 is 8.78 Å². The van der Waals surface area contributed by atoms with Crippen LogP contribution in [0.5, 0.6) is 11.5 Å². The second-order valence-corrected chi connectivity index (χ2v) is 19.9. The quantitative estimate of drug-likeness (QED) is 0.0997. The zero-order valence-electron chi connectivity index (χ0n) is 36.0. The van der Waals surface area contributed by atoms with Crippen molar-refractivity contribution >= 4 is 0 Å². The molecule has 57 heavy (non-hydrogen) atoms. The monoisotopic (exact) mass is 781 g/mol. The van der Waals surface area contributed by atoms with Crippen molar-refractivity contribution in [2.75, 3.05) is 0 Å². The zero-order chi connectivity index (χ0) is 40.2. The van der Waals surface area contributed by atoms with E-state index in [2.05, 4.69) is 26.0 Å². The van der Waals surface area contributed by atoms with Crippen molar-refractivity contribution in [3.63, 3.8) is 0 Å². The summed E-state index contributed by atoms with van der Waals surface area (Å²) in [6.07, 6.45) is 39.0. The molecule has 0 spiro atoms. The van der Waals surface area contributed by atoms with Crippen molar-refractivity contribution in [3.8, 4) is 23.6 Å². The van der Waals surface area contributed by atoms with E-state index in [9.17, 15) is 10.5 Å². The van der Waals surface area contributed by atoms with Gasteiger partial charge < -0.3 is 4.74 Å². The highest BCUT2D eigenvalue weighted by Gasteiger charge is 2.50. The van der Waals surface area contributed by atoms with E-state index < -0.39 is 11.6 Å². The number of hydrogen-bond acceptors (Lipinski definition) is 3. The molecule has 0 radical (unpaired) electrons.